The summed E-state index contributed by atoms with van der Waals surface area (Å²) in [4.78, 5) is 15.5. The van der Waals surface area contributed by atoms with Gasteiger partial charge in [0.2, 0.25) is 0 Å². The van der Waals surface area contributed by atoms with E-state index in [4.69, 9.17) is 27.7 Å². The fourth-order valence-electron chi connectivity index (χ4n) is 1.17. The lowest BCUT2D eigenvalue weighted by atomic mass is 10.3. The molecule has 0 atom stereocenters. The Morgan fingerprint density at radius 2 is 2.18 bits per heavy atom. The van der Waals surface area contributed by atoms with Gasteiger partial charge < -0.3 is 9.84 Å². The van der Waals surface area contributed by atoms with Crippen molar-refractivity contribution in [1.82, 2.24) is 10.1 Å². The van der Waals surface area contributed by atoms with Crippen LogP contribution < -0.4 is 5.32 Å². The summed E-state index contributed by atoms with van der Waals surface area (Å²) in [6.45, 7) is 1.69. The van der Waals surface area contributed by atoms with Crippen molar-refractivity contribution < 1.29 is 9.32 Å². The van der Waals surface area contributed by atoms with Gasteiger partial charge in [-0.3, -0.25) is 9.78 Å². The summed E-state index contributed by atoms with van der Waals surface area (Å²) >= 11 is 11.7. The molecule has 0 unspecified atom stereocenters. The molecule has 5 nitrogen and oxygen atoms in total. The Balaban J connectivity index is 2.21. The third kappa shape index (κ3) is 2.57. The summed E-state index contributed by atoms with van der Waals surface area (Å²) < 4.78 is 4.79. The van der Waals surface area contributed by atoms with Crippen LogP contribution in [0.1, 0.15) is 16.2 Å². The third-order valence-corrected chi connectivity index (χ3v) is 2.74. The topological polar surface area (TPSA) is 68.0 Å². The van der Waals surface area contributed by atoms with Crippen LogP contribution in [0.5, 0.6) is 0 Å². The summed E-state index contributed by atoms with van der Waals surface area (Å²) in [6.07, 6.45) is 2.79. The molecule has 0 radical (unpaired) electrons. The number of hydrogen-bond acceptors (Lipinski definition) is 4. The average Bonchev–Trinajstić information content (AvgIpc) is 2.72. The van der Waals surface area contributed by atoms with E-state index in [0.29, 0.717) is 11.4 Å². The monoisotopic (exact) mass is 271 g/mol. The Labute approximate surface area is 107 Å². The number of carbonyl (C=O) groups is 1. The molecule has 88 valence electrons. The van der Waals surface area contributed by atoms with Gasteiger partial charge >= 0.3 is 0 Å². The van der Waals surface area contributed by atoms with Gasteiger partial charge in [0.1, 0.15) is 5.76 Å². The van der Waals surface area contributed by atoms with Crippen molar-refractivity contribution in [1.29, 1.82) is 0 Å². The van der Waals surface area contributed by atoms with Gasteiger partial charge in [0.15, 0.2) is 5.69 Å². The number of pyridine rings is 1. The minimum atomic E-state index is -0.437. The molecule has 17 heavy (non-hydrogen) atoms. The molecule has 0 fully saturated rings. The number of hydrogen-bond donors (Lipinski definition) is 1. The van der Waals surface area contributed by atoms with Gasteiger partial charge in [-0.25, -0.2) is 0 Å². The van der Waals surface area contributed by atoms with Crippen LogP contribution in [0.25, 0.3) is 0 Å². The first kappa shape index (κ1) is 11.9. The number of halogens is 2. The third-order valence-electron chi connectivity index (χ3n) is 1.95. The molecule has 0 saturated heterocycles. The molecule has 2 rings (SSSR count). The fraction of sp³-hybridized carbons (Fsp3) is 0.100. The number of aryl methyl sites for hydroxylation is 1. The second-order valence-electron chi connectivity index (χ2n) is 3.26. The van der Waals surface area contributed by atoms with Gasteiger partial charge in [0.25, 0.3) is 5.91 Å². The molecule has 0 spiro atoms. The summed E-state index contributed by atoms with van der Waals surface area (Å²) in [5.74, 6) is 0.110. The first-order chi connectivity index (χ1) is 8.08. The van der Waals surface area contributed by atoms with Gasteiger partial charge in [-0.2, -0.15) is 0 Å². The number of aromatic nitrogens is 2. The highest BCUT2D eigenvalue weighted by Gasteiger charge is 2.13. The zero-order chi connectivity index (χ0) is 12.4. The van der Waals surface area contributed by atoms with Crippen molar-refractivity contribution in [2.24, 2.45) is 0 Å². The van der Waals surface area contributed by atoms with E-state index < -0.39 is 5.91 Å². The molecule has 2 aromatic heterocycles. The van der Waals surface area contributed by atoms with E-state index in [1.165, 1.54) is 18.5 Å². The number of rotatable bonds is 2. The van der Waals surface area contributed by atoms with E-state index in [2.05, 4.69) is 15.5 Å². The molecule has 1 N–H and O–H groups in total. The Morgan fingerprint density at radius 1 is 1.41 bits per heavy atom. The number of nitrogens with one attached hydrogen (secondary N) is 1. The van der Waals surface area contributed by atoms with E-state index in [-0.39, 0.29) is 15.7 Å². The first-order valence-corrected chi connectivity index (χ1v) is 5.37. The number of nitrogens with zero attached hydrogens (tertiary/aromatic N) is 2. The molecule has 2 aromatic rings. The van der Waals surface area contributed by atoms with Crippen molar-refractivity contribution in [3.63, 3.8) is 0 Å². The Kier molecular flexibility index (Phi) is 3.31. The quantitative estimate of drug-likeness (QED) is 0.912. The SMILES string of the molecule is Cc1cc(C(=O)Nc2cncc(Cl)c2Cl)no1. The second-order valence-corrected chi connectivity index (χ2v) is 4.04. The Bertz CT molecular complexity index is 568. The zero-order valence-electron chi connectivity index (χ0n) is 8.70. The maximum atomic E-state index is 11.7. The molecule has 0 aromatic carbocycles. The van der Waals surface area contributed by atoms with Crippen molar-refractivity contribution in [3.8, 4) is 0 Å². The average molecular weight is 272 g/mol. The van der Waals surface area contributed by atoms with Crippen LogP contribution in [0.3, 0.4) is 0 Å². The maximum absolute atomic E-state index is 11.7. The minimum absolute atomic E-state index is 0.165. The van der Waals surface area contributed by atoms with Crippen molar-refractivity contribution >= 4 is 34.8 Å². The van der Waals surface area contributed by atoms with Crippen LogP contribution in [-0.2, 0) is 0 Å². The highest BCUT2D eigenvalue weighted by Crippen LogP contribution is 2.28. The van der Waals surface area contributed by atoms with Crippen LogP contribution in [0.15, 0.2) is 23.0 Å². The molecule has 7 heteroatoms. The van der Waals surface area contributed by atoms with Crippen LogP contribution in [-0.4, -0.2) is 16.0 Å². The Hall–Kier alpha value is -1.59. The van der Waals surface area contributed by atoms with Crippen LogP contribution in [0.2, 0.25) is 10.0 Å². The van der Waals surface area contributed by atoms with Gasteiger partial charge in [-0.1, -0.05) is 28.4 Å². The highest BCUT2D eigenvalue weighted by atomic mass is 35.5. The lowest BCUT2D eigenvalue weighted by molar-refractivity contribution is 0.101. The highest BCUT2D eigenvalue weighted by molar-refractivity contribution is 6.43. The molecule has 0 aliphatic carbocycles. The van der Waals surface area contributed by atoms with E-state index in [0.717, 1.165) is 0 Å². The van der Waals surface area contributed by atoms with E-state index in [1.807, 2.05) is 0 Å². The first-order valence-electron chi connectivity index (χ1n) is 4.61. The van der Waals surface area contributed by atoms with E-state index in [1.54, 1.807) is 6.92 Å². The van der Waals surface area contributed by atoms with Crippen molar-refractivity contribution in [3.05, 3.63) is 40.0 Å². The lowest BCUT2D eigenvalue weighted by Crippen LogP contribution is -2.12. The largest absolute Gasteiger partial charge is 0.361 e. The van der Waals surface area contributed by atoms with E-state index in [9.17, 15) is 4.79 Å². The van der Waals surface area contributed by atoms with Gasteiger partial charge in [-0.05, 0) is 6.92 Å². The zero-order valence-corrected chi connectivity index (χ0v) is 10.2. The maximum Gasteiger partial charge on any atom is 0.277 e. The lowest BCUT2D eigenvalue weighted by Gasteiger charge is -2.05. The van der Waals surface area contributed by atoms with Crippen LogP contribution in [0, 0.1) is 6.92 Å². The molecular weight excluding hydrogens is 265 g/mol. The molecular formula is C10H7Cl2N3O2. The molecule has 0 aliphatic heterocycles. The fourth-order valence-corrected chi connectivity index (χ4v) is 1.47. The minimum Gasteiger partial charge on any atom is -0.361 e. The number of anilines is 1. The predicted octanol–water partition coefficient (Wildman–Crippen LogP) is 2.94. The van der Waals surface area contributed by atoms with Crippen LogP contribution in [0.4, 0.5) is 5.69 Å². The molecule has 0 aliphatic rings. The molecule has 2 heterocycles. The molecule has 0 bridgehead atoms. The number of amides is 1. The summed E-state index contributed by atoms with van der Waals surface area (Å²) in [5.41, 5.74) is 0.489. The van der Waals surface area contributed by atoms with E-state index >= 15 is 0 Å². The summed E-state index contributed by atoms with van der Waals surface area (Å²) in [7, 11) is 0. The van der Waals surface area contributed by atoms with Gasteiger partial charge in [0, 0.05) is 12.3 Å². The predicted molar refractivity (Wildman–Crippen MR) is 63.5 cm³/mol. The smallest absolute Gasteiger partial charge is 0.277 e. The number of carbonyl (C=O) groups excluding carboxylic acids is 1. The molecule has 1 amide bonds. The molecule has 0 saturated carbocycles. The van der Waals surface area contributed by atoms with Gasteiger partial charge in [0.05, 0.1) is 21.9 Å². The second kappa shape index (κ2) is 4.73. The van der Waals surface area contributed by atoms with Gasteiger partial charge in [-0.15, -0.1) is 0 Å². The van der Waals surface area contributed by atoms with Crippen LogP contribution >= 0.6 is 23.2 Å². The standard InChI is InChI=1S/C10H7Cl2N3O2/c1-5-2-7(15-17-5)10(16)14-8-4-13-3-6(11)9(8)12/h2-4H,1H3,(H,14,16). The summed E-state index contributed by atoms with van der Waals surface area (Å²) in [6, 6.07) is 1.52. The van der Waals surface area contributed by atoms with Crippen molar-refractivity contribution in [2.45, 2.75) is 6.92 Å². The van der Waals surface area contributed by atoms with Crippen molar-refractivity contribution in [2.75, 3.05) is 5.32 Å². The Morgan fingerprint density at radius 3 is 2.82 bits per heavy atom. The normalized spacial score (nSPS) is 10.3. The summed E-state index contributed by atoms with van der Waals surface area (Å²) in [5, 5.41) is 6.62.